The topological polar surface area (TPSA) is 55.2 Å². The number of hydrogen-bond donors (Lipinski definition) is 0. The lowest BCUT2D eigenvalue weighted by atomic mass is 10.0. The van der Waals surface area contributed by atoms with Crippen LogP contribution in [0.15, 0.2) is 39.6 Å². The monoisotopic (exact) mass is 415 g/mol. The molecular formula is C20H22BrN3O2. The van der Waals surface area contributed by atoms with E-state index in [1.54, 1.807) is 10.6 Å². The van der Waals surface area contributed by atoms with Gasteiger partial charge in [-0.3, -0.25) is 14.2 Å². The second-order valence-electron chi connectivity index (χ2n) is 7.38. The minimum absolute atomic E-state index is 0.0567. The zero-order chi connectivity index (χ0) is 18.3. The highest BCUT2D eigenvalue weighted by Crippen LogP contribution is 2.33. The SMILES string of the molecule is Cc1cc(=O)n(-c2ccc(Br)cc2)c(CC2CCN(C(=O)C3CC3)C2)n1. The van der Waals surface area contributed by atoms with Gasteiger partial charge in [-0.15, -0.1) is 0 Å². The minimum Gasteiger partial charge on any atom is -0.342 e. The quantitative estimate of drug-likeness (QED) is 0.770. The third-order valence-electron chi connectivity index (χ3n) is 5.20. The van der Waals surface area contributed by atoms with Gasteiger partial charge < -0.3 is 4.90 Å². The van der Waals surface area contributed by atoms with Crippen LogP contribution in [0.5, 0.6) is 0 Å². The van der Waals surface area contributed by atoms with E-state index >= 15 is 0 Å². The van der Waals surface area contributed by atoms with Crippen LogP contribution >= 0.6 is 15.9 Å². The Bertz CT molecular complexity index is 887. The Morgan fingerprint density at radius 1 is 1.23 bits per heavy atom. The van der Waals surface area contributed by atoms with Crippen LogP contribution in [0.3, 0.4) is 0 Å². The molecule has 1 aromatic heterocycles. The highest BCUT2D eigenvalue weighted by Gasteiger charge is 2.36. The number of carbonyl (C=O) groups excluding carboxylic acids is 1. The van der Waals surface area contributed by atoms with Gasteiger partial charge in [0.2, 0.25) is 5.91 Å². The number of benzene rings is 1. The van der Waals surface area contributed by atoms with E-state index in [4.69, 9.17) is 0 Å². The average Bonchev–Trinajstić information content (AvgIpc) is 3.35. The van der Waals surface area contributed by atoms with Crippen LogP contribution < -0.4 is 5.56 Å². The van der Waals surface area contributed by atoms with Crippen molar-refractivity contribution in [2.45, 2.75) is 32.6 Å². The molecule has 1 aliphatic heterocycles. The van der Waals surface area contributed by atoms with E-state index in [-0.39, 0.29) is 11.5 Å². The van der Waals surface area contributed by atoms with Crippen LogP contribution in [0, 0.1) is 18.8 Å². The minimum atomic E-state index is -0.0567. The molecular weight excluding hydrogens is 394 g/mol. The molecule has 0 radical (unpaired) electrons. The van der Waals surface area contributed by atoms with E-state index in [2.05, 4.69) is 20.9 Å². The second kappa shape index (κ2) is 6.99. The maximum absolute atomic E-state index is 12.6. The Balaban J connectivity index is 1.59. The van der Waals surface area contributed by atoms with Crippen LogP contribution in [-0.2, 0) is 11.2 Å². The number of amides is 1. The first-order valence-corrected chi connectivity index (χ1v) is 9.95. The highest BCUT2D eigenvalue weighted by atomic mass is 79.9. The Morgan fingerprint density at radius 2 is 1.96 bits per heavy atom. The first-order valence-electron chi connectivity index (χ1n) is 9.15. The Morgan fingerprint density at radius 3 is 2.65 bits per heavy atom. The largest absolute Gasteiger partial charge is 0.342 e. The standard InChI is InChI=1S/C20H22BrN3O2/c1-13-10-19(25)24(17-6-4-16(21)5-7-17)18(22-13)11-14-8-9-23(12-14)20(26)15-2-3-15/h4-7,10,14-15H,2-3,8-9,11-12H2,1H3. The zero-order valence-corrected chi connectivity index (χ0v) is 16.4. The first-order chi connectivity index (χ1) is 12.5. The van der Waals surface area contributed by atoms with Gasteiger partial charge in [0.05, 0.1) is 5.69 Å². The lowest BCUT2D eigenvalue weighted by Crippen LogP contribution is -2.30. The highest BCUT2D eigenvalue weighted by molar-refractivity contribution is 9.10. The van der Waals surface area contributed by atoms with Gasteiger partial charge in [-0.05, 0) is 56.4 Å². The molecule has 136 valence electrons. The lowest BCUT2D eigenvalue weighted by molar-refractivity contribution is -0.131. The molecule has 0 bridgehead atoms. The maximum atomic E-state index is 12.6. The van der Waals surface area contributed by atoms with Crippen molar-refractivity contribution in [2.75, 3.05) is 13.1 Å². The molecule has 5 nitrogen and oxygen atoms in total. The van der Waals surface area contributed by atoms with Crippen LogP contribution in [0.1, 0.15) is 30.8 Å². The Labute approximate surface area is 161 Å². The molecule has 1 amide bonds. The molecule has 26 heavy (non-hydrogen) atoms. The number of nitrogens with zero attached hydrogens (tertiary/aromatic N) is 3. The predicted octanol–water partition coefficient (Wildman–Crippen LogP) is 3.10. The number of aryl methyl sites for hydroxylation is 1. The lowest BCUT2D eigenvalue weighted by Gasteiger charge is -2.18. The summed E-state index contributed by atoms with van der Waals surface area (Å²) in [5.74, 6) is 1.72. The Kier molecular flexibility index (Phi) is 4.69. The molecule has 1 atom stereocenters. The summed E-state index contributed by atoms with van der Waals surface area (Å²) < 4.78 is 2.67. The van der Waals surface area contributed by atoms with Crippen LogP contribution in [0.4, 0.5) is 0 Å². The van der Waals surface area contributed by atoms with Crippen molar-refractivity contribution in [3.63, 3.8) is 0 Å². The normalized spacial score (nSPS) is 19.8. The summed E-state index contributed by atoms with van der Waals surface area (Å²) in [6, 6.07) is 9.27. The molecule has 2 heterocycles. The fourth-order valence-corrected chi connectivity index (χ4v) is 3.97. The molecule has 2 fully saturated rings. The Hall–Kier alpha value is -1.95. The predicted molar refractivity (Wildman–Crippen MR) is 103 cm³/mol. The summed E-state index contributed by atoms with van der Waals surface area (Å²) in [7, 11) is 0. The summed E-state index contributed by atoms with van der Waals surface area (Å²) in [6.07, 6.45) is 3.77. The first kappa shape index (κ1) is 17.5. The fourth-order valence-electron chi connectivity index (χ4n) is 3.71. The molecule has 2 aliphatic rings. The number of hydrogen-bond acceptors (Lipinski definition) is 3. The van der Waals surface area contributed by atoms with E-state index in [9.17, 15) is 9.59 Å². The number of aromatic nitrogens is 2. The molecule has 4 rings (SSSR count). The van der Waals surface area contributed by atoms with Crippen molar-refractivity contribution in [2.24, 2.45) is 11.8 Å². The van der Waals surface area contributed by atoms with E-state index in [1.165, 1.54) is 0 Å². The smallest absolute Gasteiger partial charge is 0.258 e. The molecule has 1 unspecified atom stereocenters. The summed E-state index contributed by atoms with van der Waals surface area (Å²) >= 11 is 3.43. The van der Waals surface area contributed by atoms with Crippen LogP contribution in [-0.4, -0.2) is 33.4 Å². The number of likely N-dealkylation sites (tertiary alicyclic amines) is 1. The van der Waals surface area contributed by atoms with Crippen molar-refractivity contribution in [1.82, 2.24) is 14.5 Å². The molecule has 2 aromatic rings. The maximum Gasteiger partial charge on any atom is 0.258 e. The van der Waals surface area contributed by atoms with Gasteiger partial charge in [0.15, 0.2) is 0 Å². The van der Waals surface area contributed by atoms with Crippen LogP contribution in [0.25, 0.3) is 5.69 Å². The van der Waals surface area contributed by atoms with Crippen molar-refractivity contribution < 1.29 is 4.79 Å². The van der Waals surface area contributed by atoms with Crippen molar-refractivity contribution in [1.29, 1.82) is 0 Å². The summed E-state index contributed by atoms with van der Waals surface area (Å²) in [4.78, 5) is 31.6. The van der Waals surface area contributed by atoms with Crippen molar-refractivity contribution in [3.8, 4) is 5.69 Å². The van der Waals surface area contributed by atoms with E-state index < -0.39 is 0 Å². The summed E-state index contributed by atoms with van der Waals surface area (Å²) in [5.41, 5.74) is 1.51. The third-order valence-corrected chi connectivity index (χ3v) is 5.73. The summed E-state index contributed by atoms with van der Waals surface area (Å²) in [6.45, 7) is 3.46. The third kappa shape index (κ3) is 3.61. The van der Waals surface area contributed by atoms with E-state index in [0.29, 0.717) is 18.2 Å². The molecule has 1 aliphatic carbocycles. The number of rotatable bonds is 4. The molecule has 1 saturated carbocycles. The fraction of sp³-hybridized carbons (Fsp3) is 0.450. The van der Waals surface area contributed by atoms with E-state index in [0.717, 1.165) is 54.0 Å². The molecule has 6 heteroatoms. The molecule has 0 spiro atoms. The zero-order valence-electron chi connectivity index (χ0n) is 14.8. The van der Waals surface area contributed by atoms with Crippen molar-refractivity contribution in [3.05, 3.63) is 56.7 Å². The van der Waals surface area contributed by atoms with Crippen LogP contribution in [0.2, 0.25) is 0 Å². The molecule has 1 saturated heterocycles. The second-order valence-corrected chi connectivity index (χ2v) is 8.30. The van der Waals surface area contributed by atoms with Gasteiger partial charge in [0, 0.05) is 41.7 Å². The van der Waals surface area contributed by atoms with Gasteiger partial charge >= 0.3 is 0 Å². The van der Waals surface area contributed by atoms with Gasteiger partial charge in [0.25, 0.3) is 5.56 Å². The van der Waals surface area contributed by atoms with Crippen molar-refractivity contribution >= 4 is 21.8 Å². The average molecular weight is 416 g/mol. The van der Waals surface area contributed by atoms with Gasteiger partial charge in [-0.1, -0.05) is 15.9 Å². The number of halogens is 1. The molecule has 1 aromatic carbocycles. The van der Waals surface area contributed by atoms with Gasteiger partial charge in [-0.25, -0.2) is 4.98 Å². The van der Waals surface area contributed by atoms with Gasteiger partial charge in [-0.2, -0.15) is 0 Å². The molecule has 0 N–H and O–H groups in total. The van der Waals surface area contributed by atoms with Gasteiger partial charge in [0.1, 0.15) is 5.82 Å². The van der Waals surface area contributed by atoms with E-state index in [1.807, 2.05) is 36.1 Å². The number of carbonyl (C=O) groups is 1. The summed E-state index contributed by atoms with van der Waals surface area (Å²) in [5, 5.41) is 0.